The molecule has 1 aromatic heterocycles. The second-order valence-electron chi connectivity index (χ2n) is 5.80. The van der Waals surface area contributed by atoms with E-state index in [0.717, 1.165) is 13.1 Å². The van der Waals surface area contributed by atoms with Gasteiger partial charge in [-0.15, -0.1) is 0 Å². The van der Waals surface area contributed by atoms with Crippen LogP contribution in [-0.4, -0.2) is 72.6 Å². The summed E-state index contributed by atoms with van der Waals surface area (Å²) >= 11 is 0. The van der Waals surface area contributed by atoms with Gasteiger partial charge < -0.3 is 29.5 Å². The SMILES string of the molecule is CC(=O)c1cn(C2O[C@H](COP(=O)(O)CC(=O)O)[C@@H](O)[C@@H]2O)c(=O)[nH]c1=O. The van der Waals surface area contributed by atoms with Gasteiger partial charge in [0.05, 0.1) is 12.2 Å². The number of nitrogens with zero attached hydrogens (tertiary/aromatic N) is 1. The number of rotatable bonds is 7. The Morgan fingerprint density at radius 3 is 2.52 bits per heavy atom. The quantitative estimate of drug-likeness (QED) is 0.238. The Hall–Kier alpha value is -2.15. The van der Waals surface area contributed by atoms with E-state index in [2.05, 4.69) is 4.52 Å². The zero-order chi connectivity index (χ0) is 20.5. The molecule has 0 aromatic carbocycles. The fourth-order valence-electron chi connectivity index (χ4n) is 2.43. The number of carbonyl (C=O) groups excluding carboxylic acids is 1. The number of aromatic nitrogens is 2. The number of carboxylic acids is 1. The third-order valence-corrected chi connectivity index (χ3v) is 4.96. The Balaban J connectivity index is 2.22. The Morgan fingerprint density at radius 1 is 1.33 bits per heavy atom. The lowest BCUT2D eigenvalue weighted by molar-refractivity contribution is -0.134. The van der Waals surface area contributed by atoms with Gasteiger partial charge in [0.25, 0.3) is 5.56 Å². The lowest BCUT2D eigenvalue weighted by Gasteiger charge is -2.18. The minimum Gasteiger partial charge on any atom is -0.481 e. The number of ketones is 1. The maximum Gasteiger partial charge on any atom is 0.339 e. The number of aliphatic hydroxyl groups is 2. The number of hydrogen-bond donors (Lipinski definition) is 5. The van der Waals surface area contributed by atoms with Crippen LogP contribution in [-0.2, 0) is 18.6 Å². The van der Waals surface area contributed by atoms with E-state index in [4.69, 9.17) is 9.84 Å². The van der Waals surface area contributed by atoms with Crippen LogP contribution in [0.15, 0.2) is 15.8 Å². The molecule has 0 radical (unpaired) electrons. The third kappa shape index (κ3) is 4.77. The van der Waals surface area contributed by atoms with Crippen molar-refractivity contribution in [1.82, 2.24) is 9.55 Å². The van der Waals surface area contributed by atoms with Gasteiger partial charge in [-0.2, -0.15) is 0 Å². The van der Waals surface area contributed by atoms with Gasteiger partial charge in [-0.1, -0.05) is 0 Å². The van der Waals surface area contributed by atoms with Gasteiger partial charge in [-0.05, 0) is 6.92 Å². The van der Waals surface area contributed by atoms with Crippen molar-refractivity contribution in [2.45, 2.75) is 31.5 Å². The van der Waals surface area contributed by atoms with Crippen LogP contribution >= 0.6 is 7.60 Å². The first kappa shape index (κ1) is 21.2. The van der Waals surface area contributed by atoms with Crippen molar-refractivity contribution in [1.29, 1.82) is 0 Å². The highest BCUT2D eigenvalue weighted by Crippen LogP contribution is 2.42. The molecular formula is C13H17N2O11P. The van der Waals surface area contributed by atoms with Crippen molar-refractivity contribution in [3.63, 3.8) is 0 Å². The summed E-state index contributed by atoms with van der Waals surface area (Å²) in [4.78, 5) is 56.7. The van der Waals surface area contributed by atoms with Gasteiger partial charge in [0.15, 0.2) is 12.0 Å². The van der Waals surface area contributed by atoms with Crippen molar-refractivity contribution < 1.29 is 43.6 Å². The molecule has 13 nitrogen and oxygen atoms in total. The van der Waals surface area contributed by atoms with Crippen LogP contribution in [0, 0.1) is 0 Å². The zero-order valence-electron chi connectivity index (χ0n) is 13.8. The molecule has 1 aliphatic heterocycles. The normalized spacial score (nSPS) is 27.3. The first-order valence-electron chi connectivity index (χ1n) is 7.49. The maximum absolute atomic E-state index is 11.9. The smallest absolute Gasteiger partial charge is 0.339 e. The summed E-state index contributed by atoms with van der Waals surface area (Å²) in [5.41, 5.74) is -2.35. The molecule has 1 fully saturated rings. The molecule has 0 spiro atoms. The summed E-state index contributed by atoms with van der Waals surface area (Å²) in [5, 5.41) is 28.6. The molecule has 27 heavy (non-hydrogen) atoms. The standard InChI is InChI=1S/C13H17N2O11P/c1-5(16)6-2-15(13(22)14-11(6)21)12-10(20)9(19)7(26-12)3-25-27(23,24)4-8(17)18/h2,7,9-10,12,19-20H,3-4H2,1H3,(H,17,18)(H,23,24)(H,14,21,22)/t7-,9-,10+,12?/m1/s1. The molecule has 5 N–H and O–H groups in total. The summed E-state index contributed by atoms with van der Waals surface area (Å²) in [6.45, 7) is 0.325. The van der Waals surface area contributed by atoms with Crippen molar-refractivity contribution in [3.05, 3.63) is 32.6 Å². The van der Waals surface area contributed by atoms with Crippen LogP contribution in [0.3, 0.4) is 0 Å². The maximum atomic E-state index is 11.9. The number of ether oxygens (including phenoxy) is 1. The van der Waals surface area contributed by atoms with Crippen LogP contribution in [0.5, 0.6) is 0 Å². The molecule has 0 saturated carbocycles. The highest BCUT2D eigenvalue weighted by Gasteiger charge is 2.45. The Labute approximate surface area is 150 Å². The summed E-state index contributed by atoms with van der Waals surface area (Å²) in [7, 11) is -4.51. The molecule has 5 atom stereocenters. The summed E-state index contributed by atoms with van der Waals surface area (Å²) in [6.07, 6.45) is -6.62. The van der Waals surface area contributed by atoms with Crippen LogP contribution in [0.1, 0.15) is 23.5 Å². The number of aliphatic carboxylic acids is 1. The molecule has 1 aliphatic rings. The molecule has 1 saturated heterocycles. The van der Waals surface area contributed by atoms with Crippen LogP contribution in [0.2, 0.25) is 0 Å². The zero-order valence-corrected chi connectivity index (χ0v) is 14.7. The van der Waals surface area contributed by atoms with Crippen molar-refractivity contribution >= 4 is 19.3 Å². The third-order valence-electron chi connectivity index (χ3n) is 3.73. The second kappa shape index (κ2) is 7.84. The topological polar surface area (TPSA) is 205 Å². The van der Waals surface area contributed by atoms with Gasteiger partial charge in [0.1, 0.15) is 24.5 Å². The molecule has 0 bridgehead atoms. The van der Waals surface area contributed by atoms with Crippen molar-refractivity contribution in [2.75, 3.05) is 12.8 Å². The lowest BCUT2D eigenvalue weighted by Crippen LogP contribution is -2.39. The van der Waals surface area contributed by atoms with E-state index in [1.165, 1.54) is 0 Å². The van der Waals surface area contributed by atoms with Gasteiger partial charge >= 0.3 is 19.3 Å². The number of carboxylic acid groups (broad SMARTS) is 1. The number of nitrogens with one attached hydrogen (secondary N) is 1. The number of carbonyl (C=O) groups is 2. The largest absolute Gasteiger partial charge is 0.481 e. The fourth-order valence-corrected chi connectivity index (χ4v) is 3.24. The molecular weight excluding hydrogens is 391 g/mol. The summed E-state index contributed by atoms with van der Waals surface area (Å²) in [6, 6.07) is 0. The Bertz CT molecular complexity index is 906. The molecule has 2 unspecified atom stereocenters. The predicted octanol–water partition coefficient (Wildman–Crippen LogP) is -2.35. The van der Waals surface area contributed by atoms with Crippen LogP contribution in [0.25, 0.3) is 0 Å². The van der Waals surface area contributed by atoms with Gasteiger partial charge in [-0.25, -0.2) is 4.79 Å². The molecule has 0 aliphatic carbocycles. The molecule has 1 aromatic rings. The summed E-state index contributed by atoms with van der Waals surface area (Å²) in [5.74, 6) is -2.24. The van der Waals surface area contributed by atoms with E-state index >= 15 is 0 Å². The highest BCUT2D eigenvalue weighted by atomic mass is 31.2. The highest BCUT2D eigenvalue weighted by molar-refractivity contribution is 7.53. The summed E-state index contributed by atoms with van der Waals surface area (Å²) < 4.78 is 22.1. The molecule has 2 rings (SSSR count). The Morgan fingerprint density at radius 2 is 1.96 bits per heavy atom. The Kier molecular flexibility index (Phi) is 6.14. The molecule has 0 amide bonds. The average Bonchev–Trinajstić information content (AvgIpc) is 2.80. The number of aliphatic hydroxyl groups excluding tert-OH is 2. The molecule has 2 heterocycles. The van der Waals surface area contributed by atoms with E-state index < -0.39 is 67.9 Å². The predicted molar refractivity (Wildman–Crippen MR) is 85.5 cm³/mol. The fraction of sp³-hybridized carbons (Fsp3) is 0.538. The van der Waals surface area contributed by atoms with Crippen LogP contribution in [0.4, 0.5) is 0 Å². The van der Waals surface area contributed by atoms with E-state index in [0.29, 0.717) is 4.57 Å². The minimum atomic E-state index is -4.51. The second-order valence-corrected chi connectivity index (χ2v) is 7.65. The minimum absolute atomic E-state index is 0.388. The first-order chi connectivity index (χ1) is 12.4. The number of Topliss-reactive ketones (excluding diaryl/α,β-unsaturated/α-hetero) is 1. The van der Waals surface area contributed by atoms with Crippen molar-refractivity contribution in [2.24, 2.45) is 0 Å². The van der Waals surface area contributed by atoms with E-state index in [9.17, 15) is 38.8 Å². The van der Waals surface area contributed by atoms with Gasteiger partial charge in [-0.3, -0.25) is 28.5 Å². The van der Waals surface area contributed by atoms with Crippen molar-refractivity contribution in [3.8, 4) is 0 Å². The average molecular weight is 408 g/mol. The van der Waals surface area contributed by atoms with Gasteiger partial charge in [0, 0.05) is 6.20 Å². The number of H-pyrrole nitrogens is 1. The first-order valence-corrected chi connectivity index (χ1v) is 9.25. The van der Waals surface area contributed by atoms with Gasteiger partial charge in [0.2, 0.25) is 0 Å². The van der Waals surface area contributed by atoms with E-state index in [-0.39, 0.29) is 5.56 Å². The van der Waals surface area contributed by atoms with E-state index in [1.807, 2.05) is 4.98 Å². The molecule has 14 heteroatoms. The molecule has 150 valence electrons. The number of hydrogen-bond acceptors (Lipinski definition) is 9. The number of aromatic amines is 1. The van der Waals surface area contributed by atoms with E-state index in [1.54, 1.807) is 0 Å². The monoisotopic (exact) mass is 408 g/mol. The van der Waals surface area contributed by atoms with Crippen LogP contribution < -0.4 is 11.2 Å². The lowest BCUT2D eigenvalue weighted by atomic mass is 10.1.